The van der Waals surface area contributed by atoms with Gasteiger partial charge < -0.3 is 10.1 Å². The Hall–Kier alpha value is -1.06. The minimum Gasteiger partial charge on any atom is -0.464 e. The van der Waals surface area contributed by atoms with Gasteiger partial charge in [-0.15, -0.1) is 0 Å². The van der Waals surface area contributed by atoms with Crippen LogP contribution in [0.15, 0.2) is 0 Å². The molecule has 4 heteroatoms. The van der Waals surface area contributed by atoms with Crippen LogP contribution in [0.4, 0.5) is 0 Å². The molecule has 1 saturated carbocycles. The molecule has 0 aliphatic heterocycles. The molecule has 0 bridgehead atoms. The second kappa shape index (κ2) is 8.28. The second-order valence-electron chi connectivity index (χ2n) is 6.37. The number of rotatable bonds is 6. The highest BCUT2D eigenvalue weighted by atomic mass is 16.5. The molecular formula is C16H29NO3. The van der Waals surface area contributed by atoms with Gasteiger partial charge in [0.2, 0.25) is 5.91 Å². The molecule has 0 spiro atoms. The van der Waals surface area contributed by atoms with Crippen molar-refractivity contribution in [2.24, 2.45) is 23.7 Å². The first kappa shape index (κ1) is 17.0. The first-order chi connectivity index (χ1) is 9.45. The average Bonchev–Trinajstić information content (AvgIpc) is 2.41. The topological polar surface area (TPSA) is 55.4 Å². The Morgan fingerprint density at radius 2 is 2.00 bits per heavy atom. The van der Waals surface area contributed by atoms with Gasteiger partial charge in [0.05, 0.1) is 6.61 Å². The molecule has 0 aromatic heterocycles. The molecule has 1 N–H and O–H groups in total. The van der Waals surface area contributed by atoms with Gasteiger partial charge in [-0.25, -0.2) is 0 Å². The third-order valence-corrected chi connectivity index (χ3v) is 4.23. The van der Waals surface area contributed by atoms with Gasteiger partial charge in [-0.3, -0.25) is 9.59 Å². The van der Waals surface area contributed by atoms with E-state index in [1.807, 2.05) is 6.92 Å². The molecule has 0 radical (unpaired) electrons. The highest BCUT2D eigenvalue weighted by molar-refractivity contribution is 5.83. The van der Waals surface area contributed by atoms with E-state index in [1.165, 1.54) is 6.42 Å². The molecule has 20 heavy (non-hydrogen) atoms. The normalized spacial score (nSPS) is 26.4. The van der Waals surface area contributed by atoms with Crippen LogP contribution in [0.5, 0.6) is 0 Å². The number of hydrogen-bond donors (Lipinski definition) is 1. The predicted octanol–water partition coefficient (Wildman–Crippen LogP) is 2.76. The summed E-state index contributed by atoms with van der Waals surface area (Å²) in [5.74, 6) is 1.24. The third-order valence-electron chi connectivity index (χ3n) is 4.23. The van der Waals surface area contributed by atoms with E-state index in [0.29, 0.717) is 24.4 Å². The lowest BCUT2D eigenvalue weighted by atomic mass is 9.70. The summed E-state index contributed by atoms with van der Waals surface area (Å²) in [6.07, 6.45) is 4.04. The Kier molecular flexibility index (Phi) is 7.03. The molecule has 0 saturated heterocycles. The second-order valence-corrected chi connectivity index (χ2v) is 6.37. The lowest BCUT2D eigenvalue weighted by molar-refractivity contribution is -0.144. The van der Waals surface area contributed by atoms with E-state index < -0.39 is 0 Å². The molecule has 1 aliphatic carbocycles. The fraction of sp³-hybridized carbons (Fsp3) is 0.875. The van der Waals surface area contributed by atoms with Crippen LogP contribution in [0, 0.1) is 23.7 Å². The Bertz CT molecular complexity index is 328. The average molecular weight is 283 g/mol. The van der Waals surface area contributed by atoms with Crippen LogP contribution < -0.4 is 5.32 Å². The van der Waals surface area contributed by atoms with Crippen LogP contribution in [0.25, 0.3) is 0 Å². The first-order valence-electron chi connectivity index (χ1n) is 7.89. The number of carbonyl (C=O) groups excluding carboxylic acids is 2. The van der Waals surface area contributed by atoms with E-state index in [4.69, 9.17) is 4.74 Å². The lowest BCUT2D eigenvalue weighted by Crippen LogP contribution is -2.42. The zero-order chi connectivity index (χ0) is 15.1. The SMILES string of the molecule is CCCOC(=O)CNC(=O)C1CC(C)CCC1C(C)C. The van der Waals surface area contributed by atoms with Gasteiger partial charge in [0.1, 0.15) is 6.54 Å². The van der Waals surface area contributed by atoms with Crippen LogP contribution >= 0.6 is 0 Å². The Morgan fingerprint density at radius 1 is 1.30 bits per heavy atom. The highest BCUT2D eigenvalue weighted by Crippen LogP contribution is 2.37. The van der Waals surface area contributed by atoms with Crippen molar-refractivity contribution in [3.8, 4) is 0 Å². The van der Waals surface area contributed by atoms with Crippen molar-refractivity contribution in [3.05, 3.63) is 0 Å². The molecule has 0 aromatic carbocycles. The van der Waals surface area contributed by atoms with Crippen molar-refractivity contribution in [2.75, 3.05) is 13.2 Å². The number of esters is 1. The lowest BCUT2D eigenvalue weighted by Gasteiger charge is -2.36. The largest absolute Gasteiger partial charge is 0.464 e. The monoisotopic (exact) mass is 283 g/mol. The fourth-order valence-electron chi connectivity index (χ4n) is 3.06. The van der Waals surface area contributed by atoms with Crippen LogP contribution in [0.3, 0.4) is 0 Å². The van der Waals surface area contributed by atoms with Crippen molar-refractivity contribution >= 4 is 11.9 Å². The summed E-state index contributed by atoms with van der Waals surface area (Å²) >= 11 is 0. The highest BCUT2D eigenvalue weighted by Gasteiger charge is 2.35. The number of carbonyl (C=O) groups is 2. The fourth-order valence-corrected chi connectivity index (χ4v) is 3.06. The van der Waals surface area contributed by atoms with Gasteiger partial charge in [-0.05, 0) is 37.0 Å². The van der Waals surface area contributed by atoms with Crippen LogP contribution in [0.2, 0.25) is 0 Å². The van der Waals surface area contributed by atoms with Gasteiger partial charge in [0, 0.05) is 5.92 Å². The van der Waals surface area contributed by atoms with Crippen molar-refractivity contribution in [1.29, 1.82) is 0 Å². The van der Waals surface area contributed by atoms with E-state index in [-0.39, 0.29) is 24.3 Å². The maximum absolute atomic E-state index is 12.3. The van der Waals surface area contributed by atoms with Crippen LogP contribution in [-0.2, 0) is 14.3 Å². The Morgan fingerprint density at radius 3 is 2.60 bits per heavy atom. The molecule has 1 aliphatic rings. The van der Waals surface area contributed by atoms with Gasteiger partial charge in [-0.1, -0.05) is 34.1 Å². The number of ether oxygens (including phenoxy) is 1. The predicted molar refractivity (Wildman–Crippen MR) is 79.1 cm³/mol. The van der Waals surface area contributed by atoms with E-state index in [2.05, 4.69) is 26.1 Å². The Balaban J connectivity index is 2.48. The molecule has 3 atom stereocenters. The van der Waals surface area contributed by atoms with E-state index >= 15 is 0 Å². The molecule has 3 unspecified atom stereocenters. The quantitative estimate of drug-likeness (QED) is 0.763. The van der Waals surface area contributed by atoms with E-state index in [9.17, 15) is 9.59 Å². The molecule has 0 aromatic rings. The molecule has 1 rings (SSSR count). The van der Waals surface area contributed by atoms with Gasteiger partial charge in [0.25, 0.3) is 0 Å². The zero-order valence-corrected chi connectivity index (χ0v) is 13.3. The molecular weight excluding hydrogens is 254 g/mol. The minimum atomic E-state index is -0.342. The standard InChI is InChI=1S/C16H29NO3/c1-5-8-20-15(18)10-17-16(19)14-9-12(4)6-7-13(14)11(2)3/h11-14H,5-10H2,1-4H3,(H,17,19). The first-order valence-corrected chi connectivity index (χ1v) is 7.89. The van der Waals surface area contributed by atoms with Crippen LogP contribution in [-0.4, -0.2) is 25.0 Å². The van der Waals surface area contributed by atoms with Gasteiger partial charge in [0.15, 0.2) is 0 Å². The summed E-state index contributed by atoms with van der Waals surface area (Å²) in [5.41, 5.74) is 0. The summed E-state index contributed by atoms with van der Waals surface area (Å²) in [7, 11) is 0. The summed E-state index contributed by atoms with van der Waals surface area (Å²) < 4.78 is 4.97. The van der Waals surface area contributed by atoms with Gasteiger partial charge in [-0.2, -0.15) is 0 Å². The van der Waals surface area contributed by atoms with Crippen molar-refractivity contribution < 1.29 is 14.3 Å². The minimum absolute atomic E-state index is 0.00543. The summed E-state index contributed by atoms with van der Waals surface area (Å²) in [6.45, 7) is 8.92. The van der Waals surface area contributed by atoms with E-state index in [1.54, 1.807) is 0 Å². The number of hydrogen-bond acceptors (Lipinski definition) is 3. The zero-order valence-electron chi connectivity index (χ0n) is 13.3. The summed E-state index contributed by atoms with van der Waals surface area (Å²) in [5, 5.41) is 2.75. The summed E-state index contributed by atoms with van der Waals surface area (Å²) in [6, 6.07) is 0. The maximum atomic E-state index is 12.3. The van der Waals surface area contributed by atoms with E-state index in [0.717, 1.165) is 19.3 Å². The summed E-state index contributed by atoms with van der Waals surface area (Å²) in [4.78, 5) is 23.7. The van der Waals surface area contributed by atoms with Gasteiger partial charge >= 0.3 is 5.97 Å². The molecule has 4 nitrogen and oxygen atoms in total. The van der Waals surface area contributed by atoms with Crippen LogP contribution in [0.1, 0.15) is 53.4 Å². The maximum Gasteiger partial charge on any atom is 0.325 e. The number of amides is 1. The molecule has 0 heterocycles. The molecule has 1 fully saturated rings. The van der Waals surface area contributed by atoms with Crippen molar-refractivity contribution in [1.82, 2.24) is 5.32 Å². The Labute approximate surface area is 122 Å². The van der Waals surface area contributed by atoms with Crippen molar-refractivity contribution in [3.63, 3.8) is 0 Å². The number of nitrogens with one attached hydrogen (secondary N) is 1. The molecule has 116 valence electrons. The molecule has 1 amide bonds. The van der Waals surface area contributed by atoms with Crippen molar-refractivity contribution in [2.45, 2.75) is 53.4 Å². The smallest absolute Gasteiger partial charge is 0.325 e. The third kappa shape index (κ3) is 5.14.